The minimum atomic E-state index is -1.57. The highest BCUT2D eigenvalue weighted by Crippen LogP contribution is 2.23. The molecule has 1 rings (SSSR count). The number of hydrogen-bond donors (Lipinski definition) is 6. The monoisotopic (exact) mass is 838 g/mol. The van der Waals surface area contributed by atoms with Crippen LogP contribution in [0.2, 0.25) is 0 Å². The van der Waals surface area contributed by atoms with Crippen LogP contribution in [-0.4, -0.2) is 87.5 Å². The summed E-state index contributed by atoms with van der Waals surface area (Å²) in [5.41, 5.74) is 0. The third-order valence-corrected chi connectivity index (χ3v) is 12.0. The second-order valence-electron chi connectivity index (χ2n) is 17.6. The van der Waals surface area contributed by atoms with Gasteiger partial charge in [0.2, 0.25) is 5.91 Å². The lowest BCUT2D eigenvalue weighted by Gasteiger charge is -2.40. The van der Waals surface area contributed by atoms with Crippen molar-refractivity contribution in [2.45, 2.75) is 275 Å². The quantitative estimate of drug-likeness (QED) is 0.0263. The van der Waals surface area contributed by atoms with Crippen molar-refractivity contribution in [3.05, 3.63) is 24.3 Å². The van der Waals surface area contributed by atoms with Crippen molar-refractivity contribution in [3.63, 3.8) is 0 Å². The van der Waals surface area contributed by atoms with E-state index in [2.05, 4.69) is 31.3 Å². The highest BCUT2D eigenvalue weighted by Gasteiger charge is 2.44. The first kappa shape index (κ1) is 55.7. The fourth-order valence-electron chi connectivity index (χ4n) is 7.97. The lowest BCUT2D eigenvalue weighted by Crippen LogP contribution is -2.60. The van der Waals surface area contributed by atoms with Crippen molar-refractivity contribution in [1.82, 2.24) is 5.32 Å². The van der Waals surface area contributed by atoms with E-state index in [1.807, 2.05) is 6.08 Å². The molecular formula is C50H95NO8. The molecular weight excluding hydrogens is 743 g/mol. The first-order valence-corrected chi connectivity index (χ1v) is 25.1. The Hall–Kier alpha value is -1.33. The molecule has 0 aromatic carbocycles. The summed E-state index contributed by atoms with van der Waals surface area (Å²) in [5.74, 6) is -0.184. The number of ether oxygens (including phenoxy) is 2. The van der Waals surface area contributed by atoms with Gasteiger partial charge >= 0.3 is 0 Å². The lowest BCUT2D eigenvalue weighted by atomic mass is 9.99. The number of allylic oxidation sites excluding steroid dienone is 3. The zero-order valence-corrected chi connectivity index (χ0v) is 38.3. The van der Waals surface area contributed by atoms with Gasteiger partial charge in [0.25, 0.3) is 0 Å². The van der Waals surface area contributed by atoms with Gasteiger partial charge in [-0.15, -0.1) is 0 Å². The Balaban J connectivity index is 2.32. The van der Waals surface area contributed by atoms with E-state index in [4.69, 9.17) is 9.47 Å². The normalized spacial score (nSPS) is 20.8. The van der Waals surface area contributed by atoms with Crippen LogP contribution >= 0.6 is 0 Å². The molecule has 59 heavy (non-hydrogen) atoms. The maximum Gasteiger partial charge on any atom is 0.220 e. The van der Waals surface area contributed by atoms with Gasteiger partial charge in [-0.25, -0.2) is 0 Å². The molecule has 1 fully saturated rings. The molecule has 0 aliphatic carbocycles. The Kier molecular flexibility index (Phi) is 38.4. The fourth-order valence-corrected chi connectivity index (χ4v) is 7.97. The Morgan fingerprint density at radius 3 is 1.37 bits per heavy atom. The first-order chi connectivity index (χ1) is 28.8. The van der Waals surface area contributed by atoms with Gasteiger partial charge in [-0.2, -0.15) is 0 Å². The number of carbonyl (C=O) groups excluding carboxylic acids is 1. The number of amides is 1. The van der Waals surface area contributed by atoms with Crippen LogP contribution in [-0.2, 0) is 14.3 Å². The Morgan fingerprint density at radius 1 is 0.559 bits per heavy atom. The number of aliphatic hydroxyl groups excluding tert-OH is 5. The molecule has 348 valence electrons. The molecule has 0 aromatic rings. The van der Waals surface area contributed by atoms with Crippen molar-refractivity contribution in [1.29, 1.82) is 0 Å². The van der Waals surface area contributed by atoms with Crippen molar-refractivity contribution >= 4 is 5.91 Å². The van der Waals surface area contributed by atoms with Crippen LogP contribution in [0.1, 0.15) is 232 Å². The van der Waals surface area contributed by atoms with E-state index in [-0.39, 0.29) is 12.5 Å². The largest absolute Gasteiger partial charge is 0.394 e. The van der Waals surface area contributed by atoms with Gasteiger partial charge in [-0.1, -0.05) is 205 Å². The Labute approximate surface area is 362 Å². The molecule has 7 atom stereocenters. The minimum absolute atomic E-state index is 0.184. The fraction of sp³-hybridized carbons (Fsp3) is 0.900. The predicted molar refractivity (Wildman–Crippen MR) is 244 cm³/mol. The average Bonchev–Trinajstić information content (AvgIpc) is 3.23. The van der Waals surface area contributed by atoms with Crippen molar-refractivity contribution < 1.29 is 39.8 Å². The molecule has 1 aliphatic rings. The minimum Gasteiger partial charge on any atom is -0.394 e. The standard InChI is InChI=1S/C50H95NO8/c1-3-5-7-9-11-13-15-17-19-21-22-23-24-25-27-29-31-33-35-37-39-44(53)43(42-58-50-49(57)48(56)47(55)45(41-52)59-50)51-46(54)40-38-36-34-32-30-28-26-20-18-16-14-12-10-8-6-4-2/h20,26,37,39,43-45,47-50,52-53,55-57H,3-19,21-25,27-36,38,40-42H2,1-2H3,(H,51,54)/b26-20-,39-37+. The van der Waals surface area contributed by atoms with E-state index in [0.717, 1.165) is 57.8 Å². The molecule has 1 saturated heterocycles. The smallest absolute Gasteiger partial charge is 0.220 e. The molecule has 0 spiro atoms. The van der Waals surface area contributed by atoms with Crippen LogP contribution in [0.5, 0.6) is 0 Å². The van der Waals surface area contributed by atoms with E-state index in [9.17, 15) is 30.3 Å². The summed E-state index contributed by atoms with van der Waals surface area (Å²) in [4.78, 5) is 13.0. The maximum absolute atomic E-state index is 13.0. The van der Waals surface area contributed by atoms with Gasteiger partial charge in [-0.3, -0.25) is 4.79 Å². The summed E-state index contributed by atoms with van der Waals surface area (Å²) in [6, 6.07) is -0.806. The molecule has 6 N–H and O–H groups in total. The molecule has 1 heterocycles. The summed E-state index contributed by atoms with van der Waals surface area (Å²) in [6.07, 6.45) is 42.2. The molecule has 1 amide bonds. The molecule has 9 nitrogen and oxygen atoms in total. The summed E-state index contributed by atoms with van der Waals surface area (Å²) < 4.78 is 11.2. The summed E-state index contributed by atoms with van der Waals surface area (Å²) >= 11 is 0. The highest BCUT2D eigenvalue weighted by molar-refractivity contribution is 5.76. The zero-order chi connectivity index (χ0) is 43.0. The lowest BCUT2D eigenvalue weighted by molar-refractivity contribution is -0.302. The van der Waals surface area contributed by atoms with E-state index in [0.29, 0.717) is 6.42 Å². The number of unbranched alkanes of at least 4 members (excludes halogenated alkanes) is 30. The van der Waals surface area contributed by atoms with Crippen LogP contribution < -0.4 is 5.32 Å². The van der Waals surface area contributed by atoms with Gasteiger partial charge in [0.15, 0.2) is 6.29 Å². The third-order valence-electron chi connectivity index (χ3n) is 12.0. The van der Waals surface area contributed by atoms with Gasteiger partial charge < -0.3 is 40.3 Å². The molecule has 0 bridgehead atoms. The van der Waals surface area contributed by atoms with Gasteiger partial charge in [-0.05, 0) is 44.9 Å². The molecule has 1 aliphatic heterocycles. The van der Waals surface area contributed by atoms with Crippen LogP contribution in [0.25, 0.3) is 0 Å². The SMILES string of the molecule is CCCCCCCCC/C=C\CCCCCCCC(=O)NC(COC1OC(CO)C(O)C(O)C1O)C(O)/C=C/CCCCCCCCCCCCCCCCCCCC. The topological polar surface area (TPSA) is 149 Å². The number of carbonyl (C=O) groups is 1. The van der Waals surface area contributed by atoms with E-state index in [1.165, 1.54) is 154 Å². The number of aliphatic hydroxyl groups is 5. The second-order valence-corrected chi connectivity index (χ2v) is 17.6. The summed E-state index contributed by atoms with van der Waals surface area (Å²) in [7, 11) is 0. The van der Waals surface area contributed by atoms with Crippen LogP contribution in [0, 0.1) is 0 Å². The second kappa shape index (κ2) is 40.7. The molecule has 0 saturated carbocycles. The Bertz CT molecular complexity index is 977. The van der Waals surface area contributed by atoms with Gasteiger partial charge in [0.05, 0.1) is 25.4 Å². The van der Waals surface area contributed by atoms with Gasteiger partial charge in [0.1, 0.15) is 24.4 Å². The molecule has 0 radical (unpaired) electrons. The Morgan fingerprint density at radius 2 is 0.949 bits per heavy atom. The van der Waals surface area contributed by atoms with Crippen molar-refractivity contribution in [3.8, 4) is 0 Å². The van der Waals surface area contributed by atoms with Crippen LogP contribution in [0.15, 0.2) is 24.3 Å². The molecule has 7 unspecified atom stereocenters. The summed E-state index contributed by atoms with van der Waals surface area (Å²) in [5, 5.41) is 54.3. The number of nitrogens with one attached hydrogen (secondary N) is 1. The van der Waals surface area contributed by atoms with Crippen LogP contribution in [0.4, 0.5) is 0 Å². The number of hydrogen-bond acceptors (Lipinski definition) is 8. The highest BCUT2D eigenvalue weighted by atomic mass is 16.7. The number of rotatable bonds is 42. The van der Waals surface area contributed by atoms with Gasteiger partial charge in [0, 0.05) is 6.42 Å². The predicted octanol–water partition coefficient (Wildman–Crippen LogP) is 11.1. The zero-order valence-electron chi connectivity index (χ0n) is 38.3. The molecule has 0 aromatic heterocycles. The van der Waals surface area contributed by atoms with Crippen molar-refractivity contribution in [2.75, 3.05) is 13.2 Å². The third kappa shape index (κ3) is 31.2. The van der Waals surface area contributed by atoms with Crippen LogP contribution in [0.3, 0.4) is 0 Å². The van der Waals surface area contributed by atoms with Crippen molar-refractivity contribution in [2.24, 2.45) is 0 Å². The molecule has 9 heteroatoms. The first-order valence-electron chi connectivity index (χ1n) is 25.1. The van der Waals surface area contributed by atoms with E-state index < -0.39 is 49.5 Å². The average molecular weight is 838 g/mol. The van der Waals surface area contributed by atoms with E-state index >= 15 is 0 Å². The van der Waals surface area contributed by atoms with E-state index in [1.54, 1.807) is 6.08 Å². The maximum atomic E-state index is 13.0. The summed E-state index contributed by atoms with van der Waals surface area (Å²) in [6.45, 7) is 3.78.